The summed E-state index contributed by atoms with van der Waals surface area (Å²) in [4.78, 5) is 0. The van der Waals surface area contributed by atoms with Gasteiger partial charge in [0, 0.05) is 0 Å². The quantitative estimate of drug-likeness (QED) is 0.399. The smallest absolute Gasteiger partial charge is 0.406 e. The summed E-state index contributed by atoms with van der Waals surface area (Å²) in [6, 6.07) is 15.6. The maximum absolute atomic E-state index is 15.4. The van der Waals surface area contributed by atoms with E-state index < -0.39 is 11.6 Å². The number of hydrogen-bond donors (Lipinski definition) is 2. The summed E-state index contributed by atoms with van der Waals surface area (Å²) < 4.78 is 46.1. The van der Waals surface area contributed by atoms with Crippen LogP contribution < -0.4 is 0 Å². The van der Waals surface area contributed by atoms with E-state index in [1.807, 2.05) is 47.6 Å². The first kappa shape index (κ1) is 24.7. The molecule has 0 aliphatic heterocycles. The maximum Gasteiger partial charge on any atom is 0.406 e. The molecule has 0 unspecified atom stereocenters. The number of aromatic hydroxyl groups is 2. The standard InChI is InChI=1S/C28H31F3O2/c1-25(2,3)20-15-21(26(4,5)6)17-22(16-20)27(28(29,30)31,18-7-11-23(32)12-8-18)19-9-13-24(33)14-10-19/h7-17,32-33H,1-6H3. The molecule has 176 valence electrons. The van der Waals surface area contributed by atoms with Crippen molar-refractivity contribution in [2.75, 3.05) is 0 Å². The molecule has 0 amide bonds. The van der Waals surface area contributed by atoms with Gasteiger partial charge in [-0.2, -0.15) is 13.2 Å². The van der Waals surface area contributed by atoms with Gasteiger partial charge in [-0.1, -0.05) is 84.0 Å². The van der Waals surface area contributed by atoms with Crippen LogP contribution in [0, 0.1) is 0 Å². The van der Waals surface area contributed by atoms with Gasteiger partial charge in [-0.3, -0.25) is 0 Å². The summed E-state index contributed by atoms with van der Waals surface area (Å²) in [5, 5.41) is 19.6. The average Bonchev–Trinajstić information content (AvgIpc) is 2.68. The first-order valence-electron chi connectivity index (χ1n) is 10.9. The Bertz CT molecular complexity index is 1040. The monoisotopic (exact) mass is 456 g/mol. The SMILES string of the molecule is CC(C)(C)c1cc(C(C)(C)C)cc(C(c2ccc(O)cc2)(c2ccc(O)cc2)C(F)(F)F)c1. The summed E-state index contributed by atoms with van der Waals surface area (Å²) in [7, 11) is 0. The van der Waals surface area contributed by atoms with E-state index >= 15 is 13.2 Å². The van der Waals surface area contributed by atoms with Gasteiger partial charge in [0.25, 0.3) is 0 Å². The molecule has 33 heavy (non-hydrogen) atoms. The molecule has 0 saturated carbocycles. The van der Waals surface area contributed by atoms with Gasteiger partial charge in [0.05, 0.1) is 0 Å². The zero-order chi connectivity index (χ0) is 24.8. The van der Waals surface area contributed by atoms with E-state index in [1.54, 1.807) is 12.1 Å². The van der Waals surface area contributed by atoms with Crippen molar-refractivity contribution in [1.82, 2.24) is 0 Å². The Morgan fingerprint density at radius 1 is 0.485 bits per heavy atom. The minimum atomic E-state index is -4.72. The highest BCUT2D eigenvalue weighted by Gasteiger charge is 2.58. The predicted octanol–water partition coefficient (Wildman–Crippen LogP) is 7.59. The third kappa shape index (κ3) is 4.59. The molecule has 0 aliphatic carbocycles. The lowest BCUT2D eigenvalue weighted by Gasteiger charge is -2.39. The van der Waals surface area contributed by atoms with Crippen LogP contribution >= 0.6 is 0 Å². The summed E-state index contributed by atoms with van der Waals surface area (Å²) in [5.41, 5.74) is -1.57. The second kappa shape index (κ2) is 8.12. The zero-order valence-corrected chi connectivity index (χ0v) is 19.9. The van der Waals surface area contributed by atoms with Gasteiger partial charge in [-0.05, 0) is 62.9 Å². The minimum Gasteiger partial charge on any atom is -0.508 e. The fraction of sp³-hybridized carbons (Fsp3) is 0.357. The van der Waals surface area contributed by atoms with E-state index in [0.717, 1.165) is 11.1 Å². The molecule has 0 heterocycles. The molecule has 2 nitrogen and oxygen atoms in total. The highest BCUT2D eigenvalue weighted by Crippen LogP contribution is 2.52. The molecule has 3 aromatic carbocycles. The number of phenols is 2. The Balaban J connectivity index is 2.54. The third-order valence-electron chi connectivity index (χ3n) is 6.12. The summed E-state index contributed by atoms with van der Waals surface area (Å²) in [6.07, 6.45) is -4.72. The highest BCUT2D eigenvalue weighted by molar-refractivity contribution is 5.56. The number of hydrogen-bond acceptors (Lipinski definition) is 2. The van der Waals surface area contributed by atoms with Crippen molar-refractivity contribution in [2.45, 2.75) is 64.0 Å². The van der Waals surface area contributed by atoms with E-state index in [-0.39, 0.29) is 39.0 Å². The van der Waals surface area contributed by atoms with Gasteiger partial charge in [-0.15, -0.1) is 0 Å². The predicted molar refractivity (Wildman–Crippen MR) is 126 cm³/mol. The second-order valence-electron chi connectivity index (χ2n) is 10.6. The lowest BCUT2D eigenvalue weighted by molar-refractivity contribution is -0.166. The number of alkyl halides is 3. The summed E-state index contributed by atoms with van der Waals surface area (Å²) in [6.45, 7) is 11.9. The van der Waals surface area contributed by atoms with Crippen LogP contribution in [0.3, 0.4) is 0 Å². The fourth-order valence-corrected chi connectivity index (χ4v) is 4.12. The molecular formula is C28H31F3O2. The van der Waals surface area contributed by atoms with Gasteiger partial charge in [-0.25, -0.2) is 0 Å². The molecule has 0 bridgehead atoms. The highest BCUT2D eigenvalue weighted by atomic mass is 19.4. The molecule has 2 N–H and O–H groups in total. The van der Waals surface area contributed by atoms with E-state index in [1.165, 1.54) is 48.5 Å². The van der Waals surface area contributed by atoms with Gasteiger partial charge in [0.1, 0.15) is 16.9 Å². The fourth-order valence-electron chi connectivity index (χ4n) is 4.12. The Labute approximate surface area is 193 Å². The Morgan fingerprint density at radius 2 is 0.788 bits per heavy atom. The van der Waals surface area contributed by atoms with Crippen LogP contribution in [0.1, 0.15) is 69.4 Å². The van der Waals surface area contributed by atoms with E-state index in [2.05, 4.69) is 0 Å². The van der Waals surface area contributed by atoms with Crippen LogP contribution in [0.15, 0.2) is 66.7 Å². The Kier molecular flexibility index (Phi) is 6.08. The average molecular weight is 457 g/mol. The minimum absolute atomic E-state index is 0.00981. The summed E-state index contributed by atoms with van der Waals surface area (Å²) >= 11 is 0. The lowest BCUT2D eigenvalue weighted by atomic mass is 9.66. The Morgan fingerprint density at radius 3 is 1.06 bits per heavy atom. The third-order valence-corrected chi connectivity index (χ3v) is 6.12. The van der Waals surface area contributed by atoms with E-state index in [0.29, 0.717) is 0 Å². The van der Waals surface area contributed by atoms with Crippen molar-refractivity contribution < 1.29 is 23.4 Å². The first-order valence-corrected chi connectivity index (χ1v) is 10.9. The Hall–Kier alpha value is -2.95. The van der Waals surface area contributed by atoms with Crippen LogP contribution in [0.5, 0.6) is 11.5 Å². The number of rotatable bonds is 3. The van der Waals surface area contributed by atoms with Crippen molar-refractivity contribution >= 4 is 0 Å². The van der Waals surface area contributed by atoms with E-state index in [4.69, 9.17) is 0 Å². The van der Waals surface area contributed by atoms with Crippen LogP contribution in [0.4, 0.5) is 13.2 Å². The summed E-state index contributed by atoms with van der Waals surface area (Å²) in [5.74, 6) is -0.223. The lowest BCUT2D eigenvalue weighted by Crippen LogP contribution is -2.45. The molecule has 5 heteroatoms. The molecule has 0 aliphatic rings. The topological polar surface area (TPSA) is 40.5 Å². The van der Waals surface area contributed by atoms with Crippen LogP contribution in [-0.2, 0) is 16.2 Å². The maximum atomic E-state index is 15.4. The van der Waals surface area contributed by atoms with Gasteiger partial charge in [0.2, 0.25) is 0 Å². The van der Waals surface area contributed by atoms with Crippen molar-refractivity contribution in [3.05, 3.63) is 94.5 Å². The molecule has 3 rings (SSSR count). The molecule has 0 fully saturated rings. The second-order valence-corrected chi connectivity index (χ2v) is 10.6. The van der Waals surface area contributed by atoms with Crippen LogP contribution in [0.2, 0.25) is 0 Å². The van der Waals surface area contributed by atoms with Crippen molar-refractivity contribution in [3.8, 4) is 11.5 Å². The van der Waals surface area contributed by atoms with E-state index in [9.17, 15) is 10.2 Å². The molecule has 0 saturated heterocycles. The number of phenolic OH excluding ortho intramolecular Hbond substituents is 2. The normalized spacial score (nSPS) is 13.2. The molecule has 0 atom stereocenters. The van der Waals surface area contributed by atoms with Crippen molar-refractivity contribution in [1.29, 1.82) is 0 Å². The number of halogens is 3. The number of benzene rings is 3. The molecule has 0 radical (unpaired) electrons. The molecule has 3 aromatic rings. The first-order chi connectivity index (χ1) is 15.1. The molecule has 0 aromatic heterocycles. The van der Waals surface area contributed by atoms with Gasteiger partial charge in [0.15, 0.2) is 0 Å². The van der Waals surface area contributed by atoms with Gasteiger partial charge < -0.3 is 10.2 Å². The zero-order valence-electron chi connectivity index (χ0n) is 19.9. The van der Waals surface area contributed by atoms with Crippen molar-refractivity contribution in [2.24, 2.45) is 0 Å². The van der Waals surface area contributed by atoms with Crippen molar-refractivity contribution in [3.63, 3.8) is 0 Å². The van der Waals surface area contributed by atoms with Crippen LogP contribution in [-0.4, -0.2) is 16.4 Å². The van der Waals surface area contributed by atoms with Crippen LogP contribution in [0.25, 0.3) is 0 Å². The molecule has 0 spiro atoms. The molecular weight excluding hydrogens is 425 g/mol. The van der Waals surface area contributed by atoms with Gasteiger partial charge >= 0.3 is 6.18 Å². The largest absolute Gasteiger partial charge is 0.508 e.